The summed E-state index contributed by atoms with van der Waals surface area (Å²) in [5.41, 5.74) is 7.30. The highest BCUT2D eigenvalue weighted by molar-refractivity contribution is 5.70. The van der Waals surface area contributed by atoms with E-state index in [9.17, 15) is 4.79 Å². The zero-order chi connectivity index (χ0) is 16.3. The van der Waals surface area contributed by atoms with Crippen molar-refractivity contribution in [3.05, 3.63) is 23.8 Å². The molecule has 0 radical (unpaired) electrons. The predicted octanol–water partition coefficient (Wildman–Crippen LogP) is 2.56. The van der Waals surface area contributed by atoms with E-state index in [1.54, 1.807) is 23.1 Å². The average molecular weight is 302 g/mol. The Balaban J connectivity index is 1.94. The molecule has 6 heteroatoms. The number of rotatable bonds is 2. The lowest BCUT2D eigenvalue weighted by Crippen LogP contribution is -2.36. The summed E-state index contributed by atoms with van der Waals surface area (Å²) in [6.07, 6.45) is 0.545. The Morgan fingerprint density at radius 3 is 2.82 bits per heavy atom. The van der Waals surface area contributed by atoms with Crippen molar-refractivity contribution in [1.29, 1.82) is 5.26 Å². The zero-order valence-electron chi connectivity index (χ0n) is 13.2. The first-order valence-electron chi connectivity index (χ1n) is 7.32. The summed E-state index contributed by atoms with van der Waals surface area (Å²) in [6, 6.07) is 7.34. The van der Waals surface area contributed by atoms with Crippen molar-refractivity contribution in [1.82, 2.24) is 4.90 Å². The Morgan fingerprint density at radius 2 is 2.23 bits per heavy atom. The molecule has 1 aromatic carbocycles. The third-order valence-corrected chi connectivity index (χ3v) is 3.38. The molecule has 118 valence electrons. The van der Waals surface area contributed by atoms with E-state index in [1.165, 1.54) is 0 Å². The number of nitrogens with one attached hydrogen (secondary N) is 1. The minimum atomic E-state index is -0.486. The molecule has 1 aromatic rings. The molecule has 0 aliphatic carbocycles. The molecule has 1 amide bonds. The maximum Gasteiger partial charge on any atom is 0.410 e. The number of nitrogens with zero attached hydrogens (tertiary/aromatic N) is 2. The molecule has 0 spiro atoms. The van der Waals surface area contributed by atoms with Gasteiger partial charge in [0.1, 0.15) is 5.60 Å². The first-order valence-corrected chi connectivity index (χ1v) is 7.32. The van der Waals surface area contributed by atoms with Crippen molar-refractivity contribution in [2.75, 3.05) is 24.1 Å². The van der Waals surface area contributed by atoms with Crippen molar-refractivity contribution in [3.63, 3.8) is 0 Å². The monoisotopic (exact) mass is 302 g/mol. The molecule has 1 atom stereocenters. The van der Waals surface area contributed by atoms with Crippen molar-refractivity contribution in [2.24, 2.45) is 0 Å². The number of benzene rings is 1. The van der Waals surface area contributed by atoms with E-state index in [4.69, 9.17) is 15.7 Å². The van der Waals surface area contributed by atoms with E-state index < -0.39 is 5.60 Å². The molecule has 6 nitrogen and oxygen atoms in total. The number of hydrogen-bond acceptors (Lipinski definition) is 5. The summed E-state index contributed by atoms with van der Waals surface area (Å²) >= 11 is 0. The minimum absolute atomic E-state index is 0.128. The first-order chi connectivity index (χ1) is 10.3. The molecule has 1 saturated heterocycles. The van der Waals surface area contributed by atoms with Gasteiger partial charge in [0.25, 0.3) is 0 Å². The van der Waals surface area contributed by atoms with Crippen LogP contribution in [0.1, 0.15) is 32.8 Å². The van der Waals surface area contributed by atoms with Crippen LogP contribution in [0.4, 0.5) is 16.2 Å². The Bertz CT molecular complexity index is 601. The van der Waals surface area contributed by atoms with Gasteiger partial charge in [0, 0.05) is 19.1 Å². The van der Waals surface area contributed by atoms with Crippen LogP contribution in [0.5, 0.6) is 0 Å². The Morgan fingerprint density at radius 1 is 1.50 bits per heavy atom. The molecule has 1 fully saturated rings. The van der Waals surface area contributed by atoms with E-state index in [0.717, 1.165) is 12.1 Å². The molecule has 3 N–H and O–H groups in total. The van der Waals surface area contributed by atoms with Gasteiger partial charge < -0.3 is 20.7 Å². The number of likely N-dealkylation sites (tertiary alicyclic amines) is 1. The standard InChI is InChI=1S/C16H22N4O2/c1-16(2,3)22-15(21)20-7-6-12(10-20)19-14-5-4-11(9-17)8-13(14)18/h4-5,8,12,19H,6-7,10,18H2,1-3H3/t12-/m1/s1. The van der Waals surface area contributed by atoms with Gasteiger partial charge in [0.05, 0.1) is 23.0 Å². The second-order valence-electron chi connectivity index (χ2n) is 6.47. The third kappa shape index (κ3) is 4.04. The van der Waals surface area contributed by atoms with Crippen molar-refractivity contribution < 1.29 is 9.53 Å². The summed E-state index contributed by atoms with van der Waals surface area (Å²) < 4.78 is 5.37. The highest BCUT2D eigenvalue weighted by atomic mass is 16.6. The van der Waals surface area contributed by atoms with Crippen LogP contribution in [0.3, 0.4) is 0 Å². The minimum Gasteiger partial charge on any atom is -0.444 e. The van der Waals surface area contributed by atoms with Gasteiger partial charge in [-0.05, 0) is 45.4 Å². The SMILES string of the molecule is CC(C)(C)OC(=O)N1CC[C@@H](Nc2ccc(C#N)cc2N)C1. The second kappa shape index (κ2) is 6.14. The van der Waals surface area contributed by atoms with Crippen LogP contribution in [0.15, 0.2) is 18.2 Å². The summed E-state index contributed by atoms with van der Waals surface area (Å²) in [4.78, 5) is 13.7. The molecular formula is C16H22N4O2. The maximum atomic E-state index is 12.0. The molecule has 22 heavy (non-hydrogen) atoms. The van der Waals surface area contributed by atoms with Gasteiger partial charge in [-0.2, -0.15) is 5.26 Å². The topological polar surface area (TPSA) is 91.4 Å². The van der Waals surface area contributed by atoms with Gasteiger partial charge in [-0.25, -0.2) is 4.79 Å². The quantitative estimate of drug-likeness (QED) is 0.819. The molecule has 0 unspecified atom stereocenters. The normalized spacial score (nSPS) is 17.9. The van der Waals surface area contributed by atoms with Crippen molar-refractivity contribution in [3.8, 4) is 6.07 Å². The van der Waals surface area contributed by atoms with Gasteiger partial charge in [0.15, 0.2) is 0 Å². The molecule has 0 saturated carbocycles. The number of carbonyl (C=O) groups excluding carboxylic acids is 1. The van der Waals surface area contributed by atoms with Crippen molar-refractivity contribution in [2.45, 2.75) is 38.8 Å². The maximum absolute atomic E-state index is 12.0. The van der Waals surface area contributed by atoms with Gasteiger partial charge in [-0.15, -0.1) is 0 Å². The van der Waals surface area contributed by atoms with Crippen LogP contribution in [0.2, 0.25) is 0 Å². The highest BCUT2D eigenvalue weighted by Gasteiger charge is 2.29. The van der Waals surface area contributed by atoms with E-state index in [2.05, 4.69) is 11.4 Å². The first kappa shape index (κ1) is 16.0. The average Bonchev–Trinajstić information content (AvgIpc) is 2.88. The lowest BCUT2D eigenvalue weighted by molar-refractivity contribution is 0.0293. The predicted molar refractivity (Wildman–Crippen MR) is 85.4 cm³/mol. The Hall–Kier alpha value is -2.42. The number of nitrogen functional groups attached to an aromatic ring is 1. The summed E-state index contributed by atoms with van der Waals surface area (Å²) in [7, 11) is 0. The number of nitriles is 1. The van der Waals surface area contributed by atoms with Crippen LogP contribution < -0.4 is 11.1 Å². The number of amides is 1. The smallest absolute Gasteiger partial charge is 0.410 e. The van der Waals surface area contributed by atoms with E-state index in [1.807, 2.05) is 20.8 Å². The summed E-state index contributed by atoms with van der Waals surface area (Å²) in [5, 5.41) is 12.2. The number of carbonyl (C=O) groups is 1. The van der Waals surface area contributed by atoms with E-state index in [-0.39, 0.29) is 12.1 Å². The van der Waals surface area contributed by atoms with Crippen LogP contribution in [0, 0.1) is 11.3 Å². The molecule has 1 heterocycles. The fourth-order valence-electron chi connectivity index (χ4n) is 2.35. The number of nitrogens with two attached hydrogens (primary N) is 1. The lowest BCUT2D eigenvalue weighted by Gasteiger charge is -2.24. The van der Waals surface area contributed by atoms with Crippen LogP contribution in [0.25, 0.3) is 0 Å². The van der Waals surface area contributed by atoms with Crippen LogP contribution in [-0.4, -0.2) is 35.7 Å². The lowest BCUT2D eigenvalue weighted by atomic mass is 10.1. The number of anilines is 2. The van der Waals surface area contributed by atoms with Crippen LogP contribution in [-0.2, 0) is 4.74 Å². The van der Waals surface area contributed by atoms with Gasteiger partial charge in [-0.1, -0.05) is 0 Å². The Kier molecular flexibility index (Phi) is 4.45. The molecule has 1 aliphatic heterocycles. The van der Waals surface area contributed by atoms with Gasteiger partial charge in [-0.3, -0.25) is 0 Å². The number of ether oxygens (including phenoxy) is 1. The Labute approximate surface area is 130 Å². The second-order valence-corrected chi connectivity index (χ2v) is 6.47. The summed E-state index contributed by atoms with van der Waals surface area (Å²) in [6.45, 7) is 6.80. The third-order valence-electron chi connectivity index (χ3n) is 3.38. The molecule has 0 aromatic heterocycles. The van der Waals surface area contributed by atoms with Crippen molar-refractivity contribution >= 4 is 17.5 Å². The molecule has 2 rings (SSSR count). The zero-order valence-corrected chi connectivity index (χ0v) is 13.2. The van der Waals surface area contributed by atoms with Crippen LogP contribution >= 0.6 is 0 Å². The van der Waals surface area contributed by atoms with Gasteiger partial charge >= 0.3 is 6.09 Å². The van der Waals surface area contributed by atoms with E-state index >= 15 is 0 Å². The fraction of sp³-hybridized carbons (Fsp3) is 0.500. The number of hydrogen-bond donors (Lipinski definition) is 2. The highest BCUT2D eigenvalue weighted by Crippen LogP contribution is 2.23. The van der Waals surface area contributed by atoms with E-state index in [0.29, 0.717) is 24.3 Å². The van der Waals surface area contributed by atoms with Gasteiger partial charge in [0.2, 0.25) is 0 Å². The fourth-order valence-corrected chi connectivity index (χ4v) is 2.35. The largest absolute Gasteiger partial charge is 0.444 e. The molecular weight excluding hydrogens is 280 g/mol. The molecule has 1 aliphatic rings. The summed E-state index contributed by atoms with van der Waals surface area (Å²) in [5.74, 6) is 0. The molecule has 0 bridgehead atoms.